The van der Waals surface area contributed by atoms with Crippen molar-refractivity contribution in [3.05, 3.63) is 48.6 Å². The van der Waals surface area contributed by atoms with Crippen LogP contribution in [-0.4, -0.2) is 56.4 Å². The minimum atomic E-state index is -1.57. The predicted octanol–water partition coefficient (Wildman–Crippen LogP) is 2.58. The van der Waals surface area contributed by atoms with E-state index in [4.69, 9.17) is 4.74 Å². The van der Waals surface area contributed by atoms with E-state index < -0.39 is 29.9 Å². The number of rotatable bonds is 9. The molecule has 2 aliphatic rings. The fraction of sp³-hybridized carbons (Fsp3) is 0.625. The zero-order valence-corrected chi connectivity index (χ0v) is 17.9. The predicted molar refractivity (Wildman–Crippen MR) is 115 cm³/mol. The number of esters is 1. The van der Waals surface area contributed by atoms with Crippen LogP contribution in [0.5, 0.6) is 0 Å². The van der Waals surface area contributed by atoms with E-state index in [-0.39, 0.29) is 18.4 Å². The number of cyclic esters (lactones) is 1. The number of ether oxygens (including phenoxy) is 1. The number of allylic oxidation sites excluding steroid dienone is 3. The SMILES string of the molecule is CC[C@H]1C=CC(=O)O[C@H]1/C=C/[C@@](C)(O)[C@H](O)C[C@@H](O)/C=C\C=C\[C@@H]1CCC[C@H](O)C1. The van der Waals surface area contributed by atoms with Crippen LogP contribution < -0.4 is 0 Å². The van der Waals surface area contributed by atoms with Crippen molar-refractivity contribution in [2.75, 3.05) is 0 Å². The number of carbonyl (C=O) groups excluding carboxylic acids is 1. The molecule has 1 fully saturated rings. The van der Waals surface area contributed by atoms with Gasteiger partial charge in [-0.3, -0.25) is 0 Å². The first-order valence-electron chi connectivity index (χ1n) is 10.9. The molecular weight excluding hydrogens is 384 g/mol. The quantitative estimate of drug-likeness (QED) is 0.259. The molecule has 0 saturated heterocycles. The van der Waals surface area contributed by atoms with E-state index in [2.05, 4.69) is 0 Å². The highest BCUT2D eigenvalue weighted by molar-refractivity contribution is 5.83. The zero-order valence-electron chi connectivity index (χ0n) is 17.9. The van der Waals surface area contributed by atoms with Crippen LogP contribution in [0.3, 0.4) is 0 Å². The Kier molecular flexibility index (Phi) is 9.49. The van der Waals surface area contributed by atoms with Gasteiger partial charge >= 0.3 is 5.97 Å². The molecule has 2 rings (SSSR count). The van der Waals surface area contributed by atoms with Crippen LogP contribution in [0.25, 0.3) is 0 Å². The van der Waals surface area contributed by atoms with Gasteiger partial charge in [-0.05, 0) is 44.6 Å². The zero-order chi connectivity index (χ0) is 22.1. The molecule has 0 unspecified atom stereocenters. The molecule has 1 saturated carbocycles. The minimum absolute atomic E-state index is 0.0254. The van der Waals surface area contributed by atoms with Crippen molar-refractivity contribution < 1.29 is 30.0 Å². The monoisotopic (exact) mass is 420 g/mol. The fourth-order valence-corrected chi connectivity index (χ4v) is 3.86. The van der Waals surface area contributed by atoms with E-state index >= 15 is 0 Å². The number of carbonyl (C=O) groups is 1. The van der Waals surface area contributed by atoms with Gasteiger partial charge in [0.05, 0.1) is 18.3 Å². The average molecular weight is 421 g/mol. The smallest absolute Gasteiger partial charge is 0.331 e. The number of hydrogen-bond acceptors (Lipinski definition) is 6. The lowest BCUT2D eigenvalue weighted by Gasteiger charge is -2.29. The van der Waals surface area contributed by atoms with E-state index in [1.807, 2.05) is 19.1 Å². The summed E-state index contributed by atoms with van der Waals surface area (Å²) in [5.41, 5.74) is -1.57. The Bertz CT molecular complexity index is 663. The lowest BCUT2D eigenvalue weighted by atomic mass is 9.87. The van der Waals surface area contributed by atoms with E-state index in [1.54, 1.807) is 24.3 Å². The van der Waals surface area contributed by atoms with Gasteiger partial charge < -0.3 is 25.2 Å². The molecule has 0 aromatic rings. The van der Waals surface area contributed by atoms with Crippen LogP contribution in [0.1, 0.15) is 52.4 Å². The van der Waals surface area contributed by atoms with Crippen LogP contribution in [0, 0.1) is 11.8 Å². The van der Waals surface area contributed by atoms with E-state index in [9.17, 15) is 25.2 Å². The second-order valence-corrected chi connectivity index (χ2v) is 8.59. The van der Waals surface area contributed by atoms with Crippen LogP contribution in [0.15, 0.2) is 48.6 Å². The summed E-state index contributed by atoms with van der Waals surface area (Å²) in [7, 11) is 0. The molecule has 0 bridgehead atoms. The molecule has 0 radical (unpaired) electrons. The first-order chi connectivity index (χ1) is 14.2. The molecule has 168 valence electrons. The summed E-state index contributed by atoms with van der Waals surface area (Å²) in [6.07, 6.45) is 15.0. The maximum atomic E-state index is 11.5. The van der Waals surface area contributed by atoms with Gasteiger partial charge in [0.25, 0.3) is 0 Å². The molecule has 1 heterocycles. The number of aliphatic hydroxyl groups is 4. The lowest BCUT2D eigenvalue weighted by Crippen LogP contribution is -2.40. The molecule has 6 heteroatoms. The molecule has 0 amide bonds. The molecule has 1 aliphatic heterocycles. The Morgan fingerprint density at radius 1 is 1.27 bits per heavy atom. The van der Waals surface area contributed by atoms with E-state index in [0.29, 0.717) is 5.92 Å². The van der Waals surface area contributed by atoms with Gasteiger partial charge in [-0.25, -0.2) is 4.79 Å². The van der Waals surface area contributed by atoms with Crippen molar-refractivity contribution in [3.63, 3.8) is 0 Å². The van der Waals surface area contributed by atoms with Crippen molar-refractivity contribution in [3.8, 4) is 0 Å². The Balaban J connectivity index is 1.84. The van der Waals surface area contributed by atoms with Crippen molar-refractivity contribution in [1.29, 1.82) is 0 Å². The highest BCUT2D eigenvalue weighted by Crippen LogP contribution is 2.25. The summed E-state index contributed by atoms with van der Waals surface area (Å²) in [5, 5.41) is 40.8. The molecular formula is C24H36O6. The number of aliphatic hydroxyl groups excluding tert-OH is 3. The Morgan fingerprint density at radius 2 is 2.03 bits per heavy atom. The molecule has 1 aliphatic carbocycles. The summed E-state index contributed by atoms with van der Waals surface area (Å²) in [4.78, 5) is 11.5. The summed E-state index contributed by atoms with van der Waals surface area (Å²) in [6, 6.07) is 0. The van der Waals surface area contributed by atoms with Crippen LogP contribution in [-0.2, 0) is 9.53 Å². The van der Waals surface area contributed by atoms with E-state index in [1.165, 1.54) is 19.1 Å². The van der Waals surface area contributed by atoms with Crippen molar-refractivity contribution in [1.82, 2.24) is 0 Å². The van der Waals surface area contributed by atoms with Gasteiger partial charge in [-0.15, -0.1) is 0 Å². The average Bonchev–Trinajstić information content (AvgIpc) is 2.70. The second-order valence-electron chi connectivity index (χ2n) is 8.59. The van der Waals surface area contributed by atoms with Gasteiger partial charge in [-0.1, -0.05) is 49.8 Å². The Morgan fingerprint density at radius 3 is 2.73 bits per heavy atom. The van der Waals surface area contributed by atoms with Crippen LogP contribution >= 0.6 is 0 Å². The first kappa shape index (κ1) is 24.5. The van der Waals surface area contributed by atoms with Gasteiger partial charge in [0.2, 0.25) is 0 Å². The molecule has 4 N–H and O–H groups in total. The molecule has 0 aromatic carbocycles. The topological polar surface area (TPSA) is 107 Å². The molecule has 7 atom stereocenters. The summed E-state index contributed by atoms with van der Waals surface area (Å²) < 4.78 is 5.28. The van der Waals surface area contributed by atoms with Gasteiger partial charge in [0.1, 0.15) is 11.7 Å². The normalized spacial score (nSPS) is 31.9. The molecule has 6 nitrogen and oxygen atoms in total. The Hall–Kier alpha value is -1.73. The summed E-state index contributed by atoms with van der Waals surface area (Å²) in [6.45, 7) is 3.44. The lowest BCUT2D eigenvalue weighted by molar-refractivity contribution is -0.143. The molecule has 30 heavy (non-hydrogen) atoms. The maximum absolute atomic E-state index is 11.5. The highest BCUT2D eigenvalue weighted by atomic mass is 16.5. The third-order valence-electron chi connectivity index (χ3n) is 5.90. The summed E-state index contributed by atoms with van der Waals surface area (Å²) in [5.74, 6) is -0.0499. The second kappa shape index (κ2) is 11.6. The van der Waals surface area contributed by atoms with Crippen molar-refractivity contribution >= 4 is 5.97 Å². The van der Waals surface area contributed by atoms with Gasteiger partial charge in [-0.2, -0.15) is 0 Å². The third-order valence-corrected chi connectivity index (χ3v) is 5.90. The standard InChI is InChI=1S/C24H36O6/c1-3-18-11-12-23(28)30-21(18)13-14-24(2,29)22(27)16-20(26)9-5-4-7-17-8-6-10-19(25)15-17/h4-5,7,9,11-14,17-22,25-27,29H,3,6,8,10,15-16H2,1-2H3/b7-4+,9-5-,14-13+/t17-,18+,19+,20+,21+,22-,24-/m1/s1. The molecule has 0 aromatic heterocycles. The number of hydrogen-bond donors (Lipinski definition) is 4. The Labute approximate surface area is 179 Å². The highest BCUT2D eigenvalue weighted by Gasteiger charge is 2.30. The van der Waals surface area contributed by atoms with Crippen molar-refractivity contribution in [2.45, 2.75) is 82.4 Å². The fourth-order valence-electron chi connectivity index (χ4n) is 3.86. The van der Waals surface area contributed by atoms with E-state index in [0.717, 1.165) is 32.1 Å². The first-order valence-corrected chi connectivity index (χ1v) is 10.9. The van der Waals surface area contributed by atoms with Gasteiger partial charge in [0.15, 0.2) is 0 Å². The third kappa shape index (κ3) is 7.84. The molecule has 0 spiro atoms. The summed E-state index contributed by atoms with van der Waals surface area (Å²) >= 11 is 0. The largest absolute Gasteiger partial charge is 0.454 e. The van der Waals surface area contributed by atoms with Crippen LogP contribution in [0.4, 0.5) is 0 Å². The van der Waals surface area contributed by atoms with Gasteiger partial charge in [0, 0.05) is 18.4 Å². The van der Waals surface area contributed by atoms with Crippen LogP contribution in [0.2, 0.25) is 0 Å². The van der Waals surface area contributed by atoms with Crippen molar-refractivity contribution in [2.24, 2.45) is 11.8 Å². The minimum Gasteiger partial charge on any atom is -0.454 e. The maximum Gasteiger partial charge on any atom is 0.331 e.